The average molecular weight is 365 g/mol. The van der Waals surface area contributed by atoms with Crippen LogP contribution in [0.3, 0.4) is 0 Å². The maximum atomic E-state index is 12.9. The Morgan fingerprint density at radius 1 is 1.20 bits per heavy atom. The minimum Gasteiger partial charge on any atom is -0.493 e. The van der Waals surface area contributed by atoms with Gasteiger partial charge >= 0.3 is 0 Å². The summed E-state index contributed by atoms with van der Waals surface area (Å²) in [6.07, 6.45) is 1.88. The van der Waals surface area contributed by atoms with E-state index in [-0.39, 0.29) is 11.5 Å². The zero-order valence-electron chi connectivity index (χ0n) is 13.5. The SMILES string of the molecule is O=[N+]([O-])c1ccc(N2CCC(COc3ccc(F)cc3)CC2)c(Cl)c1. The molecule has 5 nitrogen and oxygen atoms in total. The maximum Gasteiger partial charge on any atom is 0.271 e. The lowest BCUT2D eigenvalue weighted by Crippen LogP contribution is -2.35. The van der Waals surface area contributed by atoms with Crippen molar-refractivity contribution in [2.45, 2.75) is 12.8 Å². The van der Waals surface area contributed by atoms with Crippen LogP contribution in [0.25, 0.3) is 0 Å². The van der Waals surface area contributed by atoms with Gasteiger partial charge < -0.3 is 9.64 Å². The Labute approximate surface area is 150 Å². The van der Waals surface area contributed by atoms with Crippen LogP contribution in [0.4, 0.5) is 15.8 Å². The second-order valence-electron chi connectivity index (χ2n) is 6.09. The van der Waals surface area contributed by atoms with Gasteiger partial charge in [-0.2, -0.15) is 0 Å². The third kappa shape index (κ3) is 4.39. The number of rotatable bonds is 5. The molecule has 2 aromatic rings. The number of nitrogens with zero attached hydrogens (tertiary/aromatic N) is 2. The van der Waals surface area contributed by atoms with E-state index >= 15 is 0 Å². The number of nitro groups is 1. The summed E-state index contributed by atoms with van der Waals surface area (Å²) in [5.74, 6) is 0.806. The molecule has 1 saturated heterocycles. The molecule has 0 aromatic heterocycles. The molecule has 0 unspecified atom stereocenters. The van der Waals surface area contributed by atoms with E-state index in [4.69, 9.17) is 16.3 Å². The standard InChI is InChI=1S/C18H18ClFN2O3/c19-17-11-15(22(23)24)3-6-18(17)21-9-7-13(8-10-21)12-25-16-4-1-14(20)2-5-16/h1-6,11,13H,7-10,12H2. The molecular weight excluding hydrogens is 347 g/mol. The number of anilines is 1. The van der Waals surface area contributed by atoms with Crippen molar-refractivity contribution < 1.29 is 14.1 Å². The van der Waals surface area contributed by atoms with E-state index < -0.39 is 4.92 Å². The predicted molar refractivity (Wildman–Crippen MR) is 94.9 cm³/mol. The first kappa shape index (κ1) is 17.5. The van der Waals surface area contributed by atoms with Gasteiger partial charge in [0.05, 0.1) is 22.2 Å². The summed E-state index contributed by atoms with van der Waals surface area (Å²) in [4.78, 5) is 12.5. The zero-order valence-corrected chi connectivity index (χ0v) is 14.3. The van der Waals surface area contributed by atoms with E-state index in [1.807, 2.05) is 0 Å². The summed E-state index contributed by atoms with van der Waals surface area (Å²) >= 11 is 6.20. The summed E-state index contributed by atoms with van der Waals surface area (Å²) in [5.41, 5.74) is 0.821. The molecule has 0 N–H and O–H groups in total. The van der Waals surface area contributed by atoms with Crippen LogP contribution in [0.15, 0.2) is 42.5 Å². The molecule has 0 aliphatic carbocycles. The summed E-state index contributed by atoms with van der Waals surface area (Å²) in [5, 5.41) is 11.2. The lowest BCUT2D eigenvalue weighted by atomic mass is 9.97. The summed E-state index contributed by atoms with van der Waals surface area (Å²) in [6.45, 7) is 2.22. The van der Waals surface area contributed by atoms with Gasteiger partial charge in [0, 0.05) is 25.2 Å². The Balaban J connectivity index is 1.53. The van der Waals surface area contributed by atoms with Crippen molar-refractivity contribution in [3.05, 3.63) is 63.4 Å². The van der Waals surface area contributed by atoms with Crippen molar-refractivity contribution in [1.82, 2.24) is 0 Å². The number of hydrogen-bond acceptors (Lipinski definition) is 4. The largest absolute Gasteiger partial charge is 0.493 e. The summed E-state index contributed by atoms with van der Waals surface area (Å²) < 4.78 is 18.6. The molecular formula is C18H18ClFN2O3. The number of non-ortho nitro benzene ring substituents is 1. The first-order valence-electron chi connectivity index (χ1n) is 8.10. The molecule has 0 saturated carbocycles. The van der Waals surface area contributed by atoms with Crippen molar-refractivity contribution in [2.75, 3.05) is 24.6 Å². The van der Waals surface area contributed by atoms with Crippen LogP contribution < -0.4 is 9.64 Å². The minimum atomic E-state index is -0.450. The van der Waals surface area contributed by atoms with E-state index in [2.05, 4.69) is 4.90 Å². The fraction of sp³-hybridized carbons (Fsp3) is 0.333. The number of hydrogen-bond donors (Lipinski definition) is 0. The van der Waals surface area contributed by atoms with Gasteiger partial charge in [-0.15, -0.1) is 0 Å². The van der Waals surface area contributed by atoms with Crippen LogP contribution in [0.5, 0.6) is 5.75 Å². The zero-order chi connectivity index (χ0) is 17.8. The highest BCUT2D eigenvalue weighted by Gasteiger charge is 2.22. The van der Waals surface area contributed by atoms with Crippen LogP contribution in [0.2, 0.25) is 5.02 Å². The number of benzene rings is 2. The van der Waals surface area contributed by atoms with Crippen molar-refractivity contribution in [1.29, 1.82) is 0 Å². The Kier molecular flexibility index (Phi) is 5.38. The Morgan fingerprint density at radius 2 is 1.88 bits per heavy atom. The lowest BCUT2D eigenvalue weighted by Gasteiger charge is -2.34. The van der Waals surface area contributed by atoms with Crippen molar-refractivity contribution in [3.63, 3.8) is 0 Å². The van der Waals surface area contributed by atoms with Crippen LogP contribution >= 0.6 is 11.6 Å². The average Bonchev–Trinajstić information content (AvgIpc) is 2.62. The third-order valence-corrected chi connectivity index (χ3v) is 4.70. The van der Waals surface area contributed by atoms with E-state index in [1.54, 1.807) is 18.2 Å². The number of piperidine rings is 1. The van der Waals surface area contributed by atoms with Crippen LogP contribution in [0.1, 0.15) is 12.8 Å². The van der Waals surface area contributed by atoms with E-state index in [0.717, 1.165) is 31.6 Å². The van der Waals surface area contributed by atoms with Crippen molar-refractivity contribution in [3.8, 4) is 5.75 Å². The van der Waals surface area contributed by atoms with Gasteiger partial charge in [-0.05, 0) is 49.1 Å². The molecule has 1 heterocycles. The first-order chi connectivity index (χ1) is 12.0. The topological polar surface area (TPSA) is 55.6 Å². The summed E-state index contributed by atoms with van der Waals surface area (Å²) in [6, 6.07) is 10.6. The van der Waals surface area contributed by atoms with Gasteiger partial charge in [0.15, 0.2) is 0 Å². The number of halogens is 2. The van der Waals surface area contributed by atoms with E-state index in [9.17, 15) is 14.5 Å². The fourth-order valence-corrected chi connectivity index (χ4v) is 3.25. The van der Waals surface area contributed by atoms with Gasteiger partial charge in [-0.3, -0.25) is 10.1 Å². The third-order valence-electron chi connectivity index (χ3n) is 4.40. The van der Waals surface area contributed by atoms with E-state index in [0.29, 0.717) is 23.3 Å². The van der Waals surface area contributed by atoms with Crippen LogP contribution in [-0.2, 0) is 0 Å². The molecule has 7 heteroatoms. The summed E-state index contributed by atoms with van der Waals surface area (Å²) in [7, 11) is 0. The predicted octanol–water partition coefficient (Wildman–Crippen LogP) is 4.68. The maximum absolute atomic E-state index is 12.9. The molecule has 1 fully saturated rings. The molecule has 25 heavy (non-hydrogen) atoms. The van der Waals surface area contributed by atoms with Crippen molar-refractivity contribution in [2.24, 2.45) is 5.92 Å². The second-order valence-corrected chi connectivity index (χ2v) is 6.50. The molecule has 1 aliphatic heterocycles. The molecule has 2 aromatic carbocycles. The monoisotopic (exact) mass is 364 g/mol. The van der Waals surface area contributed by atoms with Crippen molar-refractivity contribution >= 4 is 23.0 Å². The molecule has 3 rings (SSSR count). The Hall–Kier alpha value is -2.34. The smallest absolute Gasteiger partial charge is 0.271 e. The van der Waals surface area contributed by atoms with Gasteiger partial charge in [0.2, 0.25) is 0 Å². The van der Waals surface area contributed by atoms with Gasteiger partial charge in [-0.25, -0.2) is 4.39 Å². The highest BCUT2D eigenvalue weighted by Crippen LogP contribution is 2.32. The molecule has 132 valence electrons. The molecule has 0 atom stereocenters. The molecule has 0 bridgehead atoms. The van der Waals surface area contributed by atoms with Gasteiger partial charge in [0.25, 0.3) is 5.69 Å². The second kappa shape index (κ2) is 7.70. The molecule has 0 radical (unpaired) electrons. The van der Waals surface area contributed by atoms with Crippen LogP contribution in [0, 0.1) is 21.8 Å². The first-order valence-corrected chi connectivity index (χ1v) is 8.48. The highest BCUT2D eigenvalue weighted by molar-refractivity contribution is 6.33. The van der Waals surface area contributed by atoms with Crippen LogP contribution in [-0.4, -0.2) is 24.6 Å². The van der Waals surface area contributed by atoms with Gasteiger partial charge in [0.1, 0.15) is 11.6 Å². The normalized spacial score (nSPS) is 15.2. The van der Waals surface area contributed by atoms with Gasteiger partial charge in [-0.1, -0.05) is 11.6 Å². The minimum absolute atomic E-state index is 0.00339. The molecule has 0 spiro atoms. The Bertz CT molecular complexity index is 746. The Morgan fingerprint density at radius 3 is 2.48 bits per heavy atom. The lowest BCUT2D eigenvalue weighted by molar-refractivity contribution is -0.384. The highest BCUT2D eigenvalue weighted by atomic mass is 35.5. The molecule has 0 amide bonds. The number of ether oxygens (including phenoxy) is 1. The van der Waals surface area contributed by atoms with E-state index in [1.165, 1.54) is 24.3 Å². The fourth-order valence-electron chi connectivity index (χ4n) is 2.95. The quantitative estimate of drug-likeness (QED) is 0.571. The molecule has 1 aliphatic rings. The number of nitro benzene ring substituents is 1.